The molecule has 0 fully saturated rings. The van der Waals surface area contributed by atoms with Crippen molar-refractivity contribution in [3.8, 4) is 22.9 Å². The van der Waals surface area contributed by atoms with E-state index in [4.69, 9.17) is 9.47 Å². The number of aromatic nitrogens is 2. The van der Waals surface area contributed by atoms with Gasteiger partial charge in [-0.05, 0) is 41.8 Å². The molecule has 7 nitrogen and oxygen atoms in total. The quantitative estimate of drug-likeness (QED) is 0.388. The zero-order chi connectivity index (χ0) is 23.5. The van der Waals surface area contributed by atoms with Crippen LogP contribution < -0.4 is 20.3 Å². The average molecular weight is 451 g/mol. The molecule has 7 heteroatoms. The van der Waals surface area contributed by atoms with Crippen LogP contribution in [-0.2, 0) is 4.79 Å². The first kappa shape index (κ1) is 21.2. The lowest BCUT2D eigenvalue weighted by Crippen LogP contribution is -2.20. The van der Waals surface area contributed by atoms with Crippen LogP contribution in [0.25, 0.3) is 33.1 Å². The number of rotatable bonds is 6. The van der Waals surface area contributed by atoms with Gasteiger partial charge in [0.1, 0.15) is 5.82 Å². The van der Waals surface area contributed by atoms with Crippen molar-refractivity contribution < 1.29 is 14.3 Å². The van der Waals surface area contributed by atoms with E-state index in [2.05, 4.69) is 15.3 Å². The summed E-state index contributed by atoms with van der Waals surface area (Å²) in [6, 6.07) is 25.9. The Balaban J connectivity index is 1.34. The van der Waals surface area contributed by atoms with Gasteiger partial charge < -0.3 is 19.8 Å². The minimum Gasteiger partial charge on any atom is -0.493 e. The molecule has 2 N–H and O–H groups in total. The van der Waals surface area contributed by atoms with Crippen LogP contribution in [0.15, 0.2) is 89.7 Å². The van der Waals surface area contributed by atoms with Gasteiger partial charge in [0.2, 0.25) is 0 Å². The molecular formula is C27H21N3O4. The summed E-state index contributed by atoms with van der Waals surface area (Å²) in [5.74, 6) is 0.957. The number of ether oxygens (including phenoxy) is 2. The van der Waals surface area contributed by atoms with E-state index in [0.717, 1.165) is 16.5 Å². The van der Waals surface area contributed by atoms with E-state index >= 15 is 0 Å². The summed E-state index contributed by atoms with van der Waals surface area (Å²) in [5, 5.41) is 5.42. The Morgan fingerprint density at radius 2 is 1.68 bits per heavy atom. The number of benzene rings is 4. The van der Waals surface area contributed by atoms with Crippen LogP contribution in [0, 0.1) is 0 Å². The second kappa shape index (κ2) is 9.07. The number of hydrogen-bond acceptors (Lipinski definition) is 5. The van der Waals surface area contributed by atoms with Crippen molar-refractivity contribution in [2.24, 2.45) is 0 Å². The topological polar surface area (TPSA) is 93.3 Å². The fourth-order valence-corrected chi connectivity index (χ4v) is 3.82. The molecule has 5 aromatic rings. The number of carbonyl (C=O) groups is 1. The number of fused-ring (bicyclic) bond motifs is 2. The Kier molecular flexibility index (Phi) is 5.66. The van der Waals surface area contributed by atoms with Gasteiger partial charge in [-0.3, -0.25) is 9.59 Å². The number of nitrogens with one attached hydrogen (secondary N) is 2. The highest BCUT2D eigenvalue weighted by molar-refractivity contribution is 6.02. The zero-order valence-corrected chi connectivity index (χ0v) is 18.4. The van der Waals surface area contributed by atoms with E-state index < -0.39 is 0 Å². The number of hydrogen-bond donors (Lipinski definition) is 2. The third kappa shape index (κ3) is 4.19. The van der Waals surface area contributed by atoms with Crippen LogP contribution in [0.5, 0.6) is 11.5 Å². The van der Waals surface area contributed by atoms with Crippen LogP contribution in [0.2, 0.25) is 0 Å². The molecule has 5 rings (SSSR count). The Hall–Kier alpha value is -4.65. The van der Waals surface area contributed by atoms with E-state index in [1.807, 2.05) is 48.5 Å². The number of anilines is 1. The maximum atomic E-state index is 12.6. The first-order valence-electron chi connectivity index (χ1n) is 10.7. The van der Waals surface area contributed by atoms with E-state index in [0.29, 0.717) is 33.8 Å². The molecule has 4 aromatic carbocycles. The van der Waals surface area contributed by atoms with E-state index in [9.17, 15) is 9.59 Å². The zero-order valence-electron chi connectivity index (χ0n) is 18.4. The molecule has 34 heavy (non-hydrogen) atoms. The maximum absolute atomic E-state index is 12.6. The van der Waals surface area contributed by atoms with Gasteiger partial charge in [0.25, 0.3) is 11.5 Å². The predicted molar refractivity (Wildman–Crippen MR) is 132 cm³/mol. The van der Waals surface area contributed by atoms with Crippen LogP contribution in [0.3, 0.4) is 0 Å². The standard InChI is InChI=1S/C27H21N3O4/c1-33-24-15-18(26-29-22-11-5-4-10-20(22)27(32)30-26)13-14-23(24)34-16-25(31)28-21-12-6-8-17-7-2-3-9-19(17)21/h2-15H,16H2,1H3,(H,28,31)(H,29,30,32). The predicted octanol–water partition coefficient (Wildman–Crippen LogP) is 4.77. The normalized spacial score (nSPS) is 10.9. The first-order chi connectivity index (χ1) is 16.6. The third-order valence-corrected chi connectivity index (χ3v) is 5.47. The summed E-state index contributed by atoms with van der Waals surface area (Å²) in [5.41, 5.74) is 1.77. The van der Waals surface area contributed by atoms with Crippen LogP contribution in [0.4, 0.5) is 5.69 Å². The van der Waals surface area contributed by atoms with Gasteiger partial charge >= 0.3 is 0 Å². The summed E-state index contributed by atoms with van der Waals surface area (Å²) in [4.78, 5) is 32.3. The molecule has 0 aliphatic rings. The molecule has 0 bridgehead atoms. The Morgan fingerprint density at radius 1 is 0.912 bits per heavy atom. The molecular weight excluding hydrogens is 430 g/mol. The highest BCUT2D eigenvalue weighted by atomic mass is 16.5. The smallest absolute Gasteiger partial charge is 0.262 e. The Morgan fingerprint density at radius 3 is 2.53 bits per heavy atom. The minimum absolute atomic E-state index is 0.190. The summed E-state index contributed by atoms with van der Waals surface area (Å²) < 4.78 is 11.2. The number of para-hydroxylation sites is 1. The molecule has 168 valence electrons. The van der Waals surface area contributed by atoms with Crippen LogP contribution in [-0.4, -0.2) is 29.6 Å². The molecule has 0 aliphatic carbocycles. The molecule has 1 amide bonds. The van der Waals surface area contributed by atoms with E-state index in [-0.39, 0.29) is 18.1 Å². The van der Waals surface area contributed by atoms with Gasteiger partial charge in [0, 0.05) is 16.6 Å². The third-order valence-electron chi connectivity index (χ3n) is 5.47. The molecule has 1 heterocycles. The molecule has 0 aliphatic heterocycles. The number of nitrogens with zero attached hydrogens (tertiary/aromatic N) is 1. The molecule has 0 radical (unpaired) electrons. The van der Waals surface area contributed by atoms with Crippen molar-refractivity contribution in [1.82, 2.24) is 9.97 Å². The summed E-state index contributed by atoms with van der Waals surface area (Å²) >= 11 is 0. The number of methoxy groups -OCH3 is 1. The van der Waals surface area contributed by atoms with Crippen LogP contribution >= 0.6 is 0 Å². The Labute approximate surface area is 195 Å². The van der Waals surface area contributed by atoms with Crippen molar-refractivity contribution in [3.63, 3.8) is 0 Å². The molecule has 0 saturated carbocycles. The molecule has 0 spiro atoms. The molecule has 1 aromatic heterocycles. The second-order valence-electron chi connectivity index (χ2n) is 7.66. The molecule has 0 saturated heterocycles. The lowest BCUT2D eigenvalue weighted by Gasteiger charge is -2.13. The molecule has 0 atom stereocenters. The number of amides is 1. The highest BCUT2D eigenvalue weighted by Crippen LogP contribution is 2.31. The van der Waals surface area contributed by atoms with Crippen molar-refractivity contribution in [1.29, 1.82) is 0 Å². The lowest BCUT2D eigenvalue weighted by atomic mass is 10.1. The number of aromatic amines is 1. The van der Waals surface area contributed by atoms with Crippen molar-refractivity contribution in [2.75, 3.05) is 19.0 Å². The van der Waals surface area contributed by atoms with E-state index in [1.54, 1.807) is 36.4 Å². The molecule has 0 unspecified atom stereocenters. The average Bonchev–Trinajstić information content (AvgIpc) is 2.87. The van der Waals surface area contributed by atoms with Crippen LogP contribution in [0.1, 0.15) is 0 Å². The van der Waals surface area contributed by atoms with Gasteiger partial charge in [-0.1, -0.05) is 48.5 Å². The largest absolute Gasteiger partial charge is 0.493 e. The second-order valence-corrected chi connectivity index (χ2v) is 7.66. The van der Waals surface area contributed by atoms with Crippen molar-refractivity contribution in [2.45, 2.75) is 0 Å². The maximum Gasteiger partial charge on any atom is 0.262 e. The first-order valence-corrected chi connectivity index (χ1v) is 10.7. The van der Waals surface area contributed by atoms with Gasteiger partial charge in [0.05, 0.1) is 18.0 Å². The fraction of sp³-hybridized carbons (Fsp3) is 0.0741. The lowest BCUT2D eigenvalue weighted by molar-refractivity contribution is -0.118. The SMILES string of the molecule is COc1cc(-c2nc3ccccc3c(=O)[nH]2)ccc1OCC(=O)Nc1cccc2ccccc12. The fourth-order valence-electron chi connectivity index (χ4n) is 3.82. The minimum atomic E-state index is -0.289. The summed E-state index contributed by atoms with van der Waals surface area (Å²) in [6.07, 6.45) is 0. The summed E-state index contributed by atoms with van der Waals surface area (Å²) in [6.45, 7) is -0.190. The van der Waals surface area contributed by atoms with Crippen molar-refractivity contribution in [3.05, 3.63) is 95.3 Å². The highest BCUT2D eigenvalue weighted by Gasteiger charge is 2.13. The van der Waals surface area contributed by atoms with E-state index in [1.165, 1.54) is 7.11 Å². The number of H-pyrrole nitrogens is 1. The van der Waals surface area contributed by atoms with Gasteiger partial charge in [0.15, 0.2) is 18.1 Å². The van der Waals surface area contributed by atoms with Gasteiger partial charge in [-0.15, -0.1) is 0 Å². The Bertz CT molecular complexity index is 1570. The summed E-state index contributed by atoms with van der Waals surface area (Å²) in [7, 11) is 1.51. The van der Waals surface area contributed by atoms with Gasteiger partial charge in [-0.2, -0.15) is 0 Å². The monoisotopic (exact) mass is 451 g/mol. The van der Waals surface area contributed by atoms with Crippen molar-refractivity contribution >= 4 is 33.3 Å². The van der Waals surface area contributed by atoms with Gasteiger partial charge in [-0.25, -0.2) is 4.98 Å². The number of carbonyl (C=O) groups excluding carboxylic acids is 1.